The molecule has 0 unspecified atom stereocenters. The molecule has 0 spiro atoms. The molecule has 2 fully saturated rings. The molecule has 2 atom stereocenters. The van der Waals surface area contributed by atoms with Gasteiger partial charge in [0.25, 0.3) is 0 Å². The molecule has 3 N–H and O–H groups in total. The number of benzene rings is 1. The number of hydroxylamine groups is 2. The van der Waals surface area contributed by atoms with Crippen LogP contribution in [0.15, 0.2) is 18.2 Å². The summed E-state index contributed by atoms with van der Waals surface area (Å²) in [5, 5.41) is 17.1. The fourth-order valence-corrected chi connectivity index (χ4v) is 5.88. The molecule has 1 aliphatic heterocycles. The Balaban J connectivity index is 1.58. The Bertz CT molecular complexity index is 946. The van der Waals surface area contributed by atoms with E-state index in [1.165, 1.54) is 16.7 Å². The van der Waals surface area contributed by atoms with E-state index < -0.39 is 17.4 Å². The number of carbonyl (C=O) groups is 3. The van der Waals surface area contributed by atoms with Crippen molar-refractivity contribution in [2.75, 3.05) is 19.6 Å². The highest BCUT2D eigenvalue weighted by Crippen LogP contribution is 2.31. The molecule has 1 saturated carbocycles. The highest BCUT2D eigenvalue weighted by Gasteiger charge is 2.38. The van der Waals surface area contributed by atoms with Crippen molar-refractivity contribution >= 4 is 18.2 Å². The van der Waals surface area contributed by atoms with Gasteiger partial charge in [0.05, 0.1) is 12.5 Å². The molecule has 3 amide bonds. The number of hydrogen-bond donors (Lipinski definition) is 3. The summed E-state index contributed by atoms with van der Waals surface area (Å²) in [7, 11) is 0. The average Bonchev–Trinajstić information content (AvgIpc) is 3.38. The molecular weight excluding hydrogens is 480 g/mol. The summed E-state index contributed by atoms with van der Waals surface area (Å²) in [4.78, 5) is 40.0. The van der Waals surface area contributed by atoms with Gasteiger partial charge in [0, 0.05) is 25.7 Å². The summed E-state index contributed by atoms with van der Waals surface area (Å²) in [6.07, 6.45) is 7.09. The SMILES string of the molecule is Cc1ccc(CNC2CCN(C(=O)[C@@H](NC(=O)[C@H](CC3CCCC3)CN(O)C=O)C(C)(C)C)CC2)c(C)c1. The van der Waals surface area contributed by atoms with Crippen molar-refractivity contribution in [2.24, 2.45) is 17.3 Å². The molecule has 8 nitrogen and oxygen atoms in total. The lowest BCUT2D eigenvalue weighted by atomic mass is 9.84. The second-order valence-corrected chi connectivity index (χ2v) is 12.5. The van der Waals surface area contributed by atoms with Crippen LogP contribution in [-0.4, -0.2) is 65.1 Å². The molecule has 1 heterocycles. The van der Waals surface area contributed by atoms with E-state index in [4.69, 9.17) is 0 Å². The van der Waals surface area contributed by atoms with Gasteiger partial charge in [0.2, 0.25) is 18.2 Å². The molecule has 1 saturated heterocycles. The van der Waals surface area contributed by atoms with Gasteiger partial charge < -0.3 is 15.5 Å². The van der Waals surface area contributed by atoms with Gasteiger partial charge in [0.1, 0.15) is 6.04 Å². The third-order valence-corrected chi connectivity index (χ3v) is 8.28. The number of hydrogen-bond acceptors (Lipinski definition) is 5. The quantitative estimate of drug-likeness (QED) is 0.229. The van der Waals surface area contributed by atoms with Crippen LogP contribution >= 0.6 is 0 Å². The number of nitrogens with zero attached hydrogens (tertiary/aromatic N) is 2. The van der Waals surface area contributed by atoms with Gasteiger partial charge in [-0.15, -0.1) is 0 Å². The lowest BCUT2D eigenvalue weighted by Crippen LogP contribution is -2.58. The number of rotatable bonds is 11. The van der Waals surface area contributed by atoms with E-state index >= 15 is 0 Å². The molecule has 8 heteroatoms. The molecule has 1 aliphatic carbocycles. The van der Waals surface area contributed by atoms with Gasteiger partial charge in [-0.3, -0.25) is 19.6 Å². The Labute approximate surface area is 228 Å². The van der Waals surface area contributed by atoms with Gasteiger partial charge in [-0.05, 0) is 55.6 Å². The second-order valence-electron chi connectivity index (χ2n) is 12.5. The molecule has 1 aromatic rings. The summed E-state index contributed by atoms with van der Waals surface area (Å²) < 4.78 is 0. The van der Waals surface area contributed by atoms with Crippen molar-refractivity contribution in [2.45, 2.75) is 98.2 Å². The zero-order valence-corrected chi connectivity index (χ0v) is 24.0. The maximum Gasteiger partial charge on any atom is 0.245 e. The monoisotopic (exact) mass is 528 g/mol. The first-order valence-electron chi connectivity index (χ1n) is 14.3. The van der Waals surface area contributed by atoms with Crippen LogP contribution in [0.25, 0.3) is 0 Å². The Kier molecular flexibility index (Phi) is 10.7. The van der Waals surface area contributed by atoms with Gasteiger partial charge >= 0.3 is 0 Å². The molecule has 1 aromatic carbocycles. The third-order valence-electron chi connectivity index (χ3n) is 8.28. The van der Waals surface area contributed by atoms with Crippen LogP contribution in [0.2, 0.25) is 0 Å². The van der Waals surface area contributed by atoms with E-state index in [1.807, 2.05) is 25.7 Å². The normalized spacial score (nSPS) is 18.7. The number of likely N-dealkylation sites (tertiary alicyclic amines) is 1. The first-order chi connectivity index (χ1) is 18.0. The standard InChI is InChI=1S/C30H48N4O4/c1-21-10-11-24(22(2)16-21)18-31-26-12-14-33(15-13-26)29(37)27(30(3,4)5)32-28(36)25(19-34(38)20-35)17-23-8-6-7-9-23/h10-11,16,20,23,25-27,31,38H,6-9,12-15,17-19H2,1-5H3,(H,32,36)/t25-,27-/m1/s1. The van der Waals surface area contributed by atoms with Crippen LogP contribution in [-0.2, 0) is 20.9 Å². The van der Waals surface area contributed by atoms with Crippen molar-refractivity contribution in [1.82, 2.24) is 20.6 Å². The van der Waals surface area contributed by atoms with E-state index in [1.54, 1.807) is 0 Å². The summed E-state index contributed by atoms with van der Waals surface area (Å²) >= 11 is 0. The fraction of sp³-hybridized carbons (Fsp3) is 0.700. The predicted molar refractivity (Wildman–Crippen MR) is 148 cm³/mol. The van der Waals surface area contributed by atoms with Crippen LogP contribution < -0.4 is 10.6 Å². The van der Waals surface area contributed by atoms with Crippen molar-refractivity contribution in [3.05, 3.63) is 34.9 Å². The first-order valence-corrected chi connectivity index (χ1v) is 14.3. The smallest absolute Gasteiger partial charge is 0.245 e. The number of aryl methyl sites for hydroxylation is 2. The average molecular weight is 529 g/mol. The van der Waals surface area contributed by atoms with E-state index in [0.717, 1.165) is 45.1 Å². The zero-order valence-electron chi connectivity index (χ0n) is 24.0. The van der Waals surface area contributed by atoms with E-state index in [2.05, 4.69) is 42.7 Å². The lowest BCUT2D eigenvalue weighted by Gasteiger charge is -2.39. The molecule has 212 valence electrons. The molecular formula is C30H48N4O4. The summed E-state index contributed by atoms with van der Waals surface area (Å²) in [5.74, 6) is -0.471. The topological polar surface area (TPSA) is 102 Å². The number of amides is 3. The molecule has 38 heavy (non-hydrogen) atoms. The van der Waals surface area contributed by atoms with E-state index in [-0.39, 0.29) is 18.4 Å². The van der Waals surface area contributed by atoms with E-state index in [0.29, 0.717) is 42.9 Å². The fourth-order valence-electron chi connectivity index (χ4n) is 5.88. The minimum Gasteiger partial charge on any atom is -0.344 e. The van der Waals surface area contributed by atoms with E-state index in [9.17, 15) is 19.6 Å². The van der Waals surface area contributed by atoms with Gasteiger partial charge in [-0.1, -0.05) is 70.2 Å². The van der Waals surface area contributed by atoms with Crippen LogP contribution in [0.1, 0.15) is 82.4 Å². The predicted octanol–water partition coefficient (Wildman–Crippen LogP) is 3.96. The highest BCUT2D eigenvalue weighted by molar-refractivity contribution is 5.89. The second kappa shape index (κ2) is 13.6. The molecule has 0 aromatic heterocycles. The first kappa shape index (κ1) is 30.1. The molecule has 2 aliphatic rings. The van der Waals surface area contributed by atoms with Gasteiger partial charge in [-0.25, -0.2) is 5.06 Å². The number of nitrogens with one attached hydrogen (secondary N) is 2. The van der Waals surface area contributed by atoms with Crippen LogP contribution in [0.3, 0.4) is 0 Å². The summed E-state index contributed by atoms with van der Waals surface area (Å²) in [5.41, 5.74) is 3.37. The van der Waals surface area contributed by atoms with Gasteiger partial charge in [-0.2, -0.15) is 0 Å². The Hall–Kier alpha value is -2.45. The van der Waals surface area contributed by atoms with Crippen molar-refractivity contribution in [3.63, 3.8) is 0 Å². The Morgan fingerprint density at radius 3 is 2.37 bits per heavy atom. The molecule has 0 bridgehead atoms. The molecule has 3 rings (SSSR count). The Morgan fingerprint density at radius 1 is 1.13 bits per heavy atom. The van der Waals surface area contributed by atoms with Crippen molar-refractivity contribution in [1.29, 1.82) is 0 Å². The summed E-state index contributed by atoms with van der Waals surface area (Å²) in [6, 6.07) is 6.19. The van der Waals surface area contributed by atoms with Crippen LogP contribution in [0.5, 0.6) is 0 Å². The summed E-state index contributed by atoms with van der Waals surface area (Å²) in [6.45, 7) is 12.2. The molecule has 0 radical (unpaired) electrons. The maximum absolute atomic E-state index is 13.7. The van der Waals surface area contributed by atoms with Crippen molar-refractivity contribution < 1.29 is 19.6 Å². The van der Waals surface area contributed by atoms with Crippen LogP contribution in [0, 0.1) is 31.1 Å². The number of carbonyl (C=O) groups excluding carboxylic acids is 3. The zero-order chi connectivity index (χ0) is 27.9. The van der Waals surface area contributed by atoms with Crippen LogP contribution in [0.4, 0.5) is 0 Å². The van der Waals surface area contributed by atoms with Crippen molar-refractivity contribution in [3.8, 4) is 0 Å². The third kappa shape index (κ3) is 8.53. The highest BCUT2D eigenvalue weighted by atomic mass is 16.5. The minimum atomic E-state index is -0.677. The maximum atomic E-state index is 13.7. The number of piperidine rings is 1. The Morgan fingerprint density at radius 2 is 1.79 bits per heavy atom. The van der Waals surface area contributed by atoms with Gasteiger partial charge in [0.15, 0.2) is 0 Å². The lowest BCUT2D eigenvalue weighted by molar-refractivity contribution is -0.156. The minimum absolute atomic E-state index is 0.0606. The largest absolute Gasteiger partial charge is 0.344 e.